The number of nitrogens with zero attached hydrogens (tertiary/aromatic N) is 2. The van der Waals surface area contributed by atoms with Crippen molar-refractivity contribution in [3.63, 3.8) is 0 Å². The third kappa shape index (κ3) is 9.09. The van der Waals surface area contributed by atoms with Crippen LogP contribution in [0.2, 0.25) is 0 Å². The van der Waals surface area contributed by atoms with E-state index in [2.05, 4.69) is 20.9 Å². The van der Waals surface area contributed by atoms with E-state index in [9.17, 15) is 18.0 Å². The van der Waals surface area contributed by atoms with Gasteiger partial charge in [-0.2, -0.15) is 13.2 Å². The summed E-state index contributed by atoms with van der Waals surface area (Å²) in [7, 11) is 1.49. The van der Waals surface area contributed by atoms with E-state index in [1.165, 1.54) is 19.2 Å². The normalized spacial score (nSPS) is 15.2. The summed E-state index contributed by atoms with van der Waals surface area (Å²) in [6.45, 7) is 7.55. The maximum absolute atomic E-state index is 13.6. The second-order valence-corrected chi connectivity index (χ2v) is 8.02. The molecule has 0 spiro atoms. The average molecular weight is 557 g/mol. The molecule has 0 aromatic heterocycles. The number of carbonyl (C=O) groups excluding carboxylic acids is 1. The molecule has 3 N–H and O–H groups in total. The van der Waals surface area contributed by atoms with Gasteiger partial charge >= 0.3 is 6.18 Å². The fourth-order valence-electron chi connectivity index (χ4n) is 3.03. The Hall–Kier alpha value is -1.76. The summed E-state index contributed by atoms with van der Waals surface area (Å²) >= 11 is 0. The number of halogens is 4. The highest BCUT2D eigenvalue weighted by molar-refractivity contribution is 14.0. The molecule has 1 aromatic carbocycles. The van der Waals surface area contributed by atoms with Crippen LogP contribution in [-0.4, -0.2) is 57.3 Å². The predicted octanol–water partition coefficient (Wildman–Crippen LogP) is 2.74. The molecule has 2 rings (SSSR count). The summed E-state index contributed by atoms with van der Waals surface area (Å²) in [6.07, 6.45) is -4.48. The van der Waals surface area contributed by atoms with Crippen LogP contribution in [0.5, 0.6) is 0 Å². The van der Waals surface area contributed by atoms with Crippen LogP contribution in [0.1, 0.15) is 31.9 Å². The van der Waals surface area contributed by atoms with Gasteiger partial charge in [-0.15, -0.1) is 24.0 Å². The lowest BCUT2D eigenvalue weighted by molar-refractivity contribution is -0.138. The van der Waals surface area contributed by atoms with E-state index in [1.807, 2.05) is 25.7 Å². The summed E-state index contributed by atoms with van der Waals surface area (Å²) in [5, 5.41) is 8.44. The molecule has 1 heterocycles. The number of guanidine groups is 1. The minimum absolute atomic E-state index is 0. The van der Waals surface area contributed by atoms with Crippen LogP contribution in [0.3, 0.4) is 0 Å². The second kappa shape index (κ2) is 11.7. The zero-order chi connectivity index (χ0) is 22.4. The molecule has 1 aliphatic rings. The van der Waals surface area contributed by atoms with Gasteiger partial charge in [0, 0.05) is 37.9 Å². The number of alkyl halides is 3. The van der Waals surface area contributed by atoms with Gasteiger partial charge in [0.2, 0.25) is 5.91 Å². The fourth-order valence-corrected chi connectivity index (χ4v) is 3.03. The van der Waals surface area contributed by atoms with E-state index in [1.54, 1.807) is 6.07 Å². The predicted molar refractivity (Wildman–Crippen MR) is 126 cm³/mol. The molecule has 176 valence electrons. The summed E-state index contributed by atoms with van der Waals surface area (Å²) in [5.41, 5.74) is -0.447. The molecule has 0 aliphatic carbocycles. The Morgan fingerprint density at radius 2 is 1.81 bits per heavy atom. The topological polar surface area (TPSA) is 78.0 Å². The smallest absolute Gasteiger partial charge is 0.378 e. The lowest BCUT2D eigenvalue weighted by Crippen LogP contribution is -2.48. The molecule has 1 fully saturated rings. The lowest BCUT2D eigenvalue weighted by Gasteiger charge is -2.29. The van der Waals surface area contributed by atoms with E-state index in [0.29, 0.717) is 32.0 Å². The molecule has 1 amide bonds. The zero-order valence-corrected chi connectivity index (χ0v) is 20.6. The number of amides is 1. The summed E-state index contributed by atoms with van der Waals surface area (Å²) < 4.78 is 46.2. The van der Waals surface area contributed by atoms with Crippen molar-refractivity contribution in [2.75, 3.05) is 44.8 Å². The number of hydrogen-bond donors (Lipinski definition) is 3. The third-order valence-electron chi connectivity index (χ3n) is 4.38. The van der Waals surface area contributed by atoms with Gasteiger partial charge in [0.25, 0.3) is 0 Å². The largest absolute Gasteiger partial charge is 0.416 e. The van der Waals surface area contributed by atoms with Crippen molar-refractivity contribution in [3.8, 4) is 0 Å². The van der Waals surface area contributed by atoms with Gasteiger partial charge in [-0.25, -0.2) is 0 Å². The van der Waals surface area contributed by atoms with Crippen LogP contribution in [0.4, 0.5) is 18.9 Å². The molecule has 0 unspecified atom stereocenters. The number of rotatable bonds is 5. The summed E-state index contributed by atoms with van der Waals surface area (Å²) in [4.78, 5) is 17.8. The first kappa shape index (κ1) is 27.3. The minimum Gasteiger partial charge on any atom is -0.378 e. The van der Waals surface area contributed by atoms with E-state index in [4.69, 9.17) is 4.74 Å². The molecular weight excluding hydrogens is 526 g/mol. The van der Waals surface area contributed by atoms with Gasteiger partial charge in [-0.3, -0.25) is 9.79 Å². The number of nitrogens with one attached hydrogen (secondary N) is 3. The number of benzene rings is 1. The van der Waals surface area contributed by atoms with Crippen molar-refractivity contribution in [1.29, 1.82) is 0 Å². The summed E-state index contributed by atoms with van der Waals surface area (Å²) in [6, 6.07) is 4.33. The summed E-state index contributed by atoms with van der Waals surface area (Å²) in [5.74, 6) is 0.000680. The van der Waals surface area contributed by atoms with Crippen molar-refractivity contribution in [1.82, 2.24) is 16.0 Å². The van der Waals surface area contributed by atoms with E-state index in [-0.39, 0.29) is 60.0 Å². The Balaban J connectivity index is 0.00000480. The maximum atomic E-state index is 13.6. The Labute approximate surface area is 198 Å². The highest BCUT2D eigenvalue weighted by Gasteiger charge is 2.34. The van der Waals surface area contributed by atoms with Crippen LogP contribution < -0.4 is 20.9 Å². The van der Waals surface area contributed by atoms with Gasteiger partial charge in [0.1, 0.15) is 0 Å². The average Bonchev–Trinajstić information content (AvgIpc) is 2.66. The highest BCUT2D eigenvalue weighted by Crippen LogP contribution is 2.35. The SMILES string of the molecule is CN=C(NCC(=O)NC(C)(C)C)NCc1ccc(N2CCOCC2)cc1C(F)(F)F.I. The van der Waals surface area contributed by atoms with Crippen molar-refractivity contribution in [2.24, 2.45) is 4.99 Å². The Morgan fingerprint density at radius 1 is 1.16 bits per heavy atom. The van der Waals surface area contributed by atoms with E-state index < -0.39 is 11.7 Å². The molecule has 1 aliphatic heterocycles. The van der Waals surface area contributed by atoms with Gasteiger partial charge in [-0.1, -0.05) is 6.07 Å². The third-order valence-corrected chi connectivity index (χ3v) is 4.38. The number of aliphatic imine (C=N–C) groups is 1. The van der Waals surface area contributed by atoms with Crippen LogP contribution in [-0.2, 0) is 22.3 Å². The Morgan fingerprint density at radius 3 is 2.35 bits per heavy atom. The second-order valence-electron chi connectivity index (χ2n) is 8.02. The standard InChI is InChI=1S/C20H30F3N5O2.HI/c1-19(2,3)27-17(29)13-26-18(24-4)25-12-14-5-6-15(11-16(14)20(21,22)23)28-7-9-30-10-8-28;/h5-6,11H,7-10,12-13H2,1-4H3,(H,27,29)(H2,24,25,26);1H. The molecule has 0 radical (unpaired) electrons. The first-order valence-electron chi connectivity index (χ1n) is 9.78. The molecule has 0 saturated carbocycles. The number of morpholine rings is 1. The molecule has 7 nitrogen and oxygen atoms in total. The first-order valence-corrected chi connectivity index (χ1v) is 9.78. The molecule has 1 saturated heterocycles. The van der Waals surface area contributed by atoms with Crippen molar-refractivity contribution in [3.05, 3.63) is 29.3 Å². The lowest BCUT2D eigenvalue weighted by atomic mass is 10.0. The zero-order valence-electron chi connectivity index (χ0n) is 18.2. The number of ether oxygens (including phenoxy) is 1. The maximum Gasteiger partial charge on any atom is 0.416 e. The molecule has 1 aromatic rings. The van der Waals surface area contributed by atoms with Crippen molar-refractivity contribution >= 4 is 41.5 Å². The minimum atomic E-state index is -4.48. The van der Waals surface area contributed by atoms with Gasteiger partial charge in [0.05, 0.1) is 25.3 Å². The highest BCUT2D eigenvalue weighted by atomic mass is 127. The number of carbonyl (C=O) groups is 1. The van der Waals surface area contributed by atoms with Crippen LogP contribution >= 0.6 is 24.0 Å². The van der Waals surface area contributed by atoms with Crippen molar-refractivity contribution in [2.45, 2.75) is 39.0 Å². The van der Waals surface area contributed by atoms with Crippen LogP contribution in [0.15, 0.2) is 23.2 Å². The molecule has 31 heavy (non-hydrogen) atoms. The van der Waals surface area contributed by atoms with Gasteiger partial charge in [0.15, 0.2) is 5.96 Å². The number of anilines is 1. The molecule has 11 heteroatoms. The molecule has 0 bridgehead atoms. The quantitative estimate of drug-likeness (QED) is 0.295. The van der Waals surface area contributed by atoms with Gasteiger partial charge < -0.3 is 25.6 Å². The van der Waals surface area contributed by atoms with Gasteiger partial charge in [-0.05, 0) is 38.5 Å². The fraction of sp³-hybridized carbons (Fsp3) is 0.600. The number of hydrogen-bond acceptors (Lipinski definition) is 4. The molecule has 0 atom stereocenters. The van der Waals surface area contributed by atoms with E-state index >= 15 is 0 Å². The van der Waals surface area contributed by atoms with Crippen molar-refractivity contribution < 1.29 is 22.7 Å². The molecular formula is C20H31F3IN5O2. The van der Waals surface area contributed by atoms with E-state index in [0.717, 1.165) is 0 Å². The Kier molecular flexibility index (Phi) is 10.3. The van der Waals surface area contributed by atoms with Crippen LogP contribution in [0, 0.1) is 0 Å². The Bertz CT molecular complexity index is 760. The monoisotopic (exact) mass is 557 g/mol. The van der Waals surface area contributed by atoms with Crippen LogP contribution in [0.25, 0.3) is 0 Å². The first-order chi connectivity index (χ1) is 14.0.